The lowest BCUT2D eigenvalue weighted by Gasteiger charge is -2.32. The lowest BCUT2D eigenvalue weighted by molar-refractivity contribution is -0.384. The SMILES string of the molecule is COc1ccc(N=Nc2ccc(OC(C)(C)C(C)C[SiH3])cc2O)c([N+](=O)[O-])c1. The van der Waals surface area contributed by atoms with Crippen LogP contribution in [0.3, 0.4) is 0 Å². The second-order valence-electron chi connectivity index (χ2n) is 6.98. The van der Waals surface area contributed by atoms with Gasteiger partial charge in [0.05, 0.1) is 18.1 Å². The van der Waals surface area contributed by atoms with E-state index in [-0.39, 0.29) is 28.4 Å². The zero-order valence-electron chi connectivity index (χ0n) is 16.7. The van der Waals surface area contributed by atoms with Gasteiger partial charge in [-0.1, -0.05) is 13.0 Å². The third-order valence-electron chi connectivity index (χ3n) is 4.77. The highest BCUT2D eigenvalue weighted by molar-refractivity contribution is 6.08. The van der Waals surface area contributed by atoms with Crippen LogP contribution < -0.4 is 9.47 Å². The predicted octanol–water partition coefficient (Wildman–Crippen LogP) is 4.30. The summed E-state index contributed by atoms with van der Waals surface area (Å²) < 4.78 is 11.0. The average Bonchev–Trinajstić information content (AvgIpc) is 2.66. The summed E-state index contributed by atoms with van der Waals surface area (Å²) in [6.07, 6.45) is 0. The van der Waals surface area contributed by atoms with E-state index < -0.39 is 4.92 Å². The molecule has 1 atom stereocenters. The lowest BCUT2D eigenvalue weighted by Crippen LogP contribution is -2.35. The summed E-state index contributed by atoms with van der Waals surface area (Å²) in [5.41, 5.74) is -0.346. The molecule has 0 spiro atoms. The Bertz CT molecular complexity index is 886. The first-order chi connectivity index (χ1) is 13.2. The molecule has 0 radical (unpaired) electrons. The van der Waals surface area contributed by atoms with Gasteiger partial charge in [0, 0.05) is 16.3 Å². The van der Waals surface area contributed by atoms with Crippen molar-refractivity contribution in [1.82, 2.24) is 0 Å². The third kappa shape index (κ3) is 5.07. The quantitative estimate of drug-likeness (QED) is 0.306. The number of nitro benzene ring substituents is 1. The number of rotatable bonds is 8. The first-order valence-electron chi connectivity index (χ1n) is 8.94. The molecule has 0 fully saturated rings. The molecule has 0 aliphatic rings. The fourth-order valence-electron chi connectivity index (χ4n) is 2.52. The summed E-state index contributed by atoms with van der Waals surface area (Å²) in [5, 5.41) is 29.3. The van der Waals surface area contributed by atoms with Gasteiger partial charge in [-0.15, -0.1) is 10.2 Å². The summed E-state index contributed by atoms with van der Waals surface area (Å²) in [7, 11) is 2.51. The van der Waals surface area contributed by atoms with Crippen molar-refractivity contribution in [2.75, 3.05) is 7.11 Å². The Balaban J connectivity index is 2.25. The third-order valence-corrected chi connectivity index (χ3v) is 6.00. The summed E-state index contributed by atoms with van der Waals surface area (Å²) in [5.74, 6) is 1.14. The number of nitrogens with zero attached hydrogens (tertiary/aromatic N) is 3. The van der Waals surface area contributed by atoms with Crippen molar-refractivity contribution in [3.63, 3.8) is 0 Å². The Morgan fingerprint density at radius 3 is 2.36 bits per heavy atom. The molecular formula is C19H25N3O5Si. The van der Waals surface area contributed by atoms with Crippen molar-refractivity contribution < 1.29 is 19.5 Å². The van der Waals surface area contributed by atoms with E-state index in [9.17, 15) is 15.2 Å². The summed E-state index contributed by atoms with van der Waals surface area (Å²) >= 11 is 0. The minimum atomic E-state index is -0.562. The van der Waals surface area contributed by atoms with E-state index in [4.69, 9.17) is 9.47 Å². The number of aromatic hydroxyl groups is 1. The molecule has 0 saturated heterocycles. The van der Waals surface area contributed by atoms with Gasteiger partial charge in [0.25, 0.3) is 5.69 Å². The van der Waals surface area contributed by atoms with Crippen molar-refractivity contribution in [3.05, 3.63) is 46.5 Å². The maximum absolute atomic E-state index is 11.2. The van der Waals surface area contributed by atoms with Crippen LogP contribution >= 0.6 is 0 Å². The number of ether oxygens (including phenoxy) is 2. The van der Waals surface area contributed by atoms with Crippen LogP contribution in [0.2, 0.25) is 6.04 Å². The summed E-state index contributed by atoms with van der Waals surface area (Å²) in [6, 6.07) is 10.1. The van der Waals surface area contributed by atoms with Crippen LogP contribution in [0.15, 0.2) is 46.6 Å². The van der Waals surface area contributed by atoms with Crippen LogP contribution in [0, 0.1) is 16.0 Å². The normalized spacial score (nSPS) is 12.9. The van der Waals surface area contributed by atoms with Gasteiger partial charge in [0.2, 0.25) is 0 Å². The molecule has 0 saturated carbocycles. The van der Waals surface area contributed by atoms with E-state index in [2.05, 4.69) is 17.2 Å². The number of phenols is 1. The van der Waals surface area contributed by atoms with Crippen LogP contribution in [-0.4, -0.2) is 33.0 Å². The van der Waals surface area contributed by atoms with Crippen LogP contribution in [0.25, 0.3) is 0 Å². The van der Waals surface area contributed by atoms with E-state index >= 15 is 0 Å². The average molecular weight is 404 g/mol. The summed E-state index contributed by atoms with van der Waals surface area (Å²) in [4.78, 5) is 10.6. The van der Waals surface area contributed by atoms with Crippen LogP contribution in [0.1, 0.15) is 20.8 Å². The first-order valence-corrected chi connectivity index (χ1v) is 10.4. The Labute approximate surface area is 166 Å². The predicted molar refractivity (Wildman–Crippen MR) is 111 cm³/mol. The van der Waals surface area contributed by atoms with Gasteiger partial charge >= 0.3 is 0 Å². The number of azo groups is 1. The van der Waals surface area contributed by atoms with E-state index in [1.165, 1.54) is 25.3 Å². The molecule has 0 aliphatic heterocycles. The van der Waals surface area contributed by atoms with Gasteiger partial charge in [-0.25, -0.2) is 0 Å². The molecule has 0 bridgehead atoms. The molecule has 150 valence electrons. The zero-order chi connectivity index (χ0) is 20.9. The van der Waals surface area contributed by atoms with Gasteiger partial charge in [-0.2, -0.15) is 0 Å². The highest BCUT2D eigenvalue weighted by Crippen LogP contribution is 2.37. The van der Waals surface area contributed by atoms with Gasteiger partial charge in [-0.05, 0) is 44.0 Å². The zero-order valence-corrected chi connectivity index (χ0v) is 18.7. The van der Waals surface area contributed by atoms with Crippen LogP contribution in [-0.2, 0) is 0 Å². The van der Waals surface area contributed by atoms with Crippen LogP contribution in [0.5, 0.6) is 17.2 Å². The van der Waals surface area contributed by atoms with Gasteiger partial charge in [0.1, 0.15) is 28.5 Å². The minimum Gasteiger partial charge on any atom is -0.505 e. The molecule has 1 N–H and O–H groups in total. The lowest BCUT2D eigenvalue weighted by atomic mass is 9.94. The second-order valence-corrected chi connectivity index (χ2v) is 7.79. The molecule has 0 amide bonds. The maximum atomic E-state index is 11.2. The van der Waals surface area contributed by atoms with E-state index in [0.717, 1.165) is 16.3 Å². The molecule has 2 aromatic carbocycles. The monoisotopic (exact) mass is 403 g/mol. The van der Waals surface area contributed by atoms with E-state index in [0.29, 0.717) is 17.4 Å². The number of hydrogen-bond donors (Lipinski definition) is 1. The van der Waals surface area contributed by atoms with Crippen molar-refractivity contribution in [2.45, 2.75) is 32.4 Å². The van der Waals surface area contributed by atoms with Gasteiger partial charge < -0.3 is 14.6 Å². The molecular weight excluding hydrogens is 378 g/mol. The Morgan fingerprint density at radius 1 is 1.18 bits per heavy atom. The van der Waals surface area contributed by atoms with Crippen molar-refractivity contribution >= 4 is 27.3 Å². The number of methoxy groups -OCH3 is 1. The Morgan fingerprint density at radius 2 is 1.79 bits per heavy atom. The first kappa shape index (κ1) is 21.4. The number of phenolic OH excluding ortho intramolecular Hbond substituents is 1. The van der Waals surface area contributed by atoms with Gasteiger partial charge in [-0.3, -0.25) is 10.1 Å². The fraction of sp³-hybridized carbons (Fsp3) is 0.368. The number of nitro groups is 1. The molecule has 2 aromatic rings. The van der Waals surface area contributed by atoms with Gasteiger partial charge in [0.15, 0.2) is 5.69 Å². The topological polar surface area (TPSA) is 107 Å². The van der Waals surface area contributed by atoms with Crippen LogP contribution in [0.4, 0.5) is 17.1 Å². The molecule has 0 aromatic heterocycles. The highest BCUT2D eigenvalue weighted by Gasteiger charge is 2.26. The molecule has 0 aliphatic carbocycles. The largest absolute Gasteiger partial charge is 0.505 e. The molecule has 8 nitrogen and oxygen atoms in total. The fourth-order valence-corrected chi connectivity index (χ4v) is 3.50. The Kier molecular flexibility index (Phi) is 6.74. The highest BCUT2D eigenvalue weighted by atomic mass is 28.1. The van der Waals surface area contributed by atoms with Crippen molar-refractivity contribution in [3.8, 4) is 17.2 Å². The molecule has 0 heterocycles. The standard InChI is InChI=1S/C19H25N3O5Si/c1-12(11-28)19(2,3)27-14-6-8-16(18(23)10-14)21-20-15-7-5-13(26-4)9-17(15)22(24)25/h5-10,12,23H,11H2,1-4,28H3. The minimum absolute atomic E-state index is 0.0626. The van der Waals surface area contributed by atoms with E-state index in [1.807, 2.05) is 13.8 Å². The Hall–Kier alpha value is -2.94. The molecule has 2 rings (SSSR count). The molecule has 9 heteroatoms. The van der Waals surface area contributed by atoms with Crippen molar-refractivity contribution in [1.29, 1.82) is 0 Å². The second kappa shape index (κ2) is 8.83. The van der Waals surface area contributed by atoms with E-state index in [1.54, 1.807) is 18.2 Å². The molecule has 1 unspecified atom stereocenters. The number of hydrogen-bond acceptors (Lipinski definition) is 7. The molecule has 28 heavy (non-hydrogen) atoms. The smallest absolute Gasteiger partial charge is 0.300 e. The van der Waals surface area contributed by atoms with Crippen molar-refractivity contribution in [2.24, 2.45) is 16.1 Å². The summed E-state index contributed by atoms with van der Waals surface area (Å²) in [6.45, 7) is 6.17. The number of benzene rings is 2. The maximum Gasteiger partial charge on any atom is 0.300 e.